The van der Waals surface area contributed by atoms with E-state index in [2.05, 4.69) is 10.6 Å². The van der Waals surface area contributed by atoms with Gasteiger partial charge >= 0.3 is 11.8 Å². The summed E-state index contributed by atoms with van der Waals surface area (Å²) in [6, 6.07) is 15.2. The lowest BCUT2D eigenvalue weighted by Gasteiger charge is -2.37. The van der Waals surface area contributed by atoms with Crippen LogP contribution in [0.25, 0.3) is 10.9 Å². The average Bonchev–Trinajstić information content (AvgIpc) is 3.51. The molecule has 13 nitrogen and oxygen atoms in total. The van der Waals surface area contributed by atoms with E-state index in [0.29, 0.717) is 23.1 Å². The molecule has 0 aliphatic carbocycles. The van der Waals surface area contributed by atoms with E-state index in [-0.39, 0.29) is 23.2 Å². The summed E-state index contributed by atoms with van der Waals surface area (Å²) in [6.45, 7) is 6.07. The number of primary amides is 1. The van der Waals surface area contributed by atoms with Crippen LogP contribution in [-0.4, -0.2) is 76.5 Å². The van der Waals surface area contributed by atoms with E-state index < -0.39 is 65.9 Å². The van der Waals surface area contributed by atoms with Gasteiger partial charge in [-0.25, -0.2) is 4.79 Å². The maximum Gasteiger partial charge on any atom is 0.329 e. The lowest BCUT2D eigenvalue weighted by molar-refractivity contribution is -0.771. The Labute approximate surface area is 267 Å². The Morgan fingerprint density at radius 2 is 1.72 bits per heavy atom. The van der Waals surface area contributed by atoms with Crippen molar-refractivity contribution in [2.45, 2.75) is 76.2 Å². The first kappa shape index (κ1) is 34.4. The fourth-order valence-corrected chi connectivity index (χ4v) is 5.89. The molecule has 1 unspecified atom stereocenters. The van der Waals surface area contributed by atoms with Crippen molar-refractivity contribution in [2.75, 3.05) is 13.1 Å². The lowest BCUT2D eigenvalue weighted by Crippen LogP contribution is -3.13. The van der Waals surface area contributed by atoms with Crippen molar-refractivity contribution in [3.05, 3.63) is 88.4 Å². The Morgan fingerprint density at radius 1 is 1.04 bits per heavy atom. The molecule has 13 heteroatoms. The summed E-state index contributed by atoms with van der Waals surface area (Å²) in [5, 5.41) is 42.2. The summed E-state index contributed by atoms with van der Waals surface area (Å²) in [6.07, 6.45) is -0.680. The summed E-state index contributed by atoms with van der Waals surface area (Å²) in [5.41, 5.74) is 5.72. The SMILES string of the molecule is CC(C)(C)N1CCC[C@H]1C(=O)[NH+]([O-])C[C@@H](O)[C@H](Cc1ccccc1)NC(=O)[C@H](CC(N)=O)NC(=O)c1ccc2ccccc2[n+]1[O-]. The smallest absolute Gasteiger partial charge is 0.329 e. The number of aromatic nitrogens is 1. The molecule has 1 fully saturated rings. The molecule has 4 rings (SSSR count). The number of hydroxylamine groups is 2. The maximum absolute atomic E-state index is 13.5. The van der Waals surface area contributed by atoms with Crippen LogP contribution in [0.3, 0.4) is 0 Å². The summed E-state index contributed by atoms with van der Waals surface area (Å²) >= 11 is 0. The van der Waals surface area contributed by atoms with Crippen molar-refractivity contribution in [1.29, 1.82) is 0 Å². The number of carbonyl (C=O) groups is 4. The van der Waals surface area contributed by atoms with Crippen LogP contribution in [0.4, 0.5) is 0 Å². The molecule has 1 aromatic heterocycles. The largest absolute Gasteiger partial charge is 0.627 e. The number of aliphatic hydroxyl groups is 1. The molecule has 6 N–H and O–H groups in total. The van der Waals surface area contributed by atoms with Crippen LogP contribution < -0.4 is 26.2 Å². The van der Waals surface area contributed by atoms with Gasteiger partial charge in [-0.15, -0.1) is 0 Å². The molecule has 5 atom stereocenters. The van der Waals surface area contributed by atoms with Gasteiger partial charge in [0.25, 0.3) is 5.69 Å². The molecule has 0 saturated carbocycles. The van der Waals surface area contributed by atoms with Crippen LogP contribution in [0.1, 0.15) is 56.1 Å². The van der Waals surface area contributed by atoms with Crippen LogP contribution in [0.2, 0.25) is 0 Å². The maximum atomic E-state index is 13.5. The molecule has 0 radical (unpaired) electrons. The van der Waals surface area contributed by atoms with Crippen LogP contribution in [-0.2, 0) is 20.8 Å². The highest BCUT2D eigenvalue weighted by atomic mass is 16.5. The summed E-state index contributed by atoms with van der Waals surface area (Å²) < 4.78 is 0.430. The molecule has 4 amide bonds. The van der Waals surface area contributed by atoms with E-state index in [1.54, 1.807) is 60.7 Å². The van der Waals surface area contributed by atoms with Crippen LogP contribution in [0.15, 0.2) is 66.7 Å². The third-order valence-corrected chi connectivity index (χ3v) is 8.23. The van der Waals surface area contributed by atoms with E-state index in [1.807, 2.05) is 25.7 Å². The first-order valence-electron chi connectivity index (χ1n) is 15.3. The highest BCUT2D eigenvalue weighted by molar-refractivity contribution is 5.97. The standard InChI is InChI=1S/C33H42N6O7/c1-33(2,3)37-17-9-14-27(37)32(44)38(45)20-28(40)23(18-21-10-5-4-6-11-21)35-30(42)24(19-29(34)41)36-31(43)26-16-15-22-12-7-8-13-25(22)39(26)46/h4-8,10-13,15-16,23-24,27-28,38,40H,9,14,17-20H2,1-3H3,(H2,34,41)(H,35,42)(H,36,43)/t23-,24-,27-,28+/m0/s1. The second kappa shape index (κ2) is 14.8. The van der Waals surface area contributed by atoms with E-state index in [1.165, 1.54) is 6.07 Å². The average molecular weight is 635 g/mol. The summed E-state index contributed by atoms with van der Waals surface area (Å²) in [7, 11) is 0. The number of likely N-dealkylation sites (tertiary alicyclic amines) is 1. The number of carbonyl (C=O) groups excluding carboxylic acids is 4. The molecule has 46 heavy (non-hydrogen) atoms. The number of nitrogens with two attached hydrogens (primary N) is 1. The quantitative estimate of drug-likeness (QED) is 0.102. The van der Waals surface area contributed by atoms with Crippen LogP contribution >= 0.6 is 0 Å². The molecule has 2 heterocycles. The second-order valence-electron chi connectivity index (χ2n) is 12.7. The Bertz CT molecular complexity index is 1560. The van der Waals surface area contributed by atoms with Gasteiger partial charge in [-0.2, -0.15) is 4.73 Å². The van der Waals surface area contributed by atoms with E-state index in [0.717, 1.165) is 12.0 Å². The Hall–Kier alpha value is -4.43. The first-order valence-corrected chi connectivity index (χ1v) is 15.3. The van der Waals surface area contributed by atoms with E-state index in [4.69, 9.17) is 5.73 Å². The molecule has 1 aliphatic rings. The highest BCUT2D eigenvalue weighted by Crippen LogP contribution is 2.26. The minimum Gasteiger partial charge on any atom is -0.627 e. The number of aliphatic hydroxyl groups excluding tert-OH is 1. The molecule has 0 spiro atoms. The normalized spacial score (nSPS) is 18.0. The zero-order chi connectivity index (χ0) is 33.6. The van der Waals surface area contributed by atoms with Gasteiger partial charge in [-0.05, 0) is 64.3 Å². The number of amides is 4. The molecule has 3 aromatic rings. The number of hydrogen-bond donors (Lipinski definition) is 5. The topological polar surface area (TPSA) is 196 Å². The van der Waals surface area contributed by atoms with Crippen molar-refractivity contribution >= 4 is 34.5 Å². The molecular formula is C33H42N6O7. The number of hydrogen-bond acceptors (Lipinski definition) is 8. The Balaban J connectivity index is 1.52. The van der Waals surface area contributed by atoms with Gasteiger partial charge in [-0.1, -0.05) is 42.5 Å². The zero-order valence-corrected chi connectivity index (χ0v) is 26.3. The van der Waals surface area contributed by atoms with E-state index >= 15 is 0 Å². The van der Waals surface area contributed by atoms with Crippen molar-refractivity contribution in [1.82, 2.24) is 15.5 Å². The second-order valence-corrected chi connectivity index (χ2v) is 12.7. The fraction of sp³-hybridized carbons (Fsp3) is 0.424. The first-order chi connectivity index (χ1) is 21.8. The molecule has 1 aliphatic heterocycles. The van der Waals surface area contributed by atoms with Gasteiger partial charge in [0.05, 0.1) is 12.5 Å². The number of benzene rings is 2. The van der Waals surface area contributed by atoms with Crippen molar-refractivity contribution in [3.63, 3.8) is 0 Å². The monoisotopic (exact) mass is 634 g/mol. The molecule has 2 aromatic carbocycles. The predicted molar refractivity (Wildman–Crippen MR) is 170 cm³/mol. The minimum absolute atomic E-state index is 0.0786. The van der Waals surface area contributed by atoms with Crippen LogP contribution in [0, 0.1) is 10.4 Å². The van der Waals surface area contributed by atoms with Crippen molar-refractivity contribution < 1.29 is 34.1 Å². The van der Waals surface area contributed by atoms with Gasteiger partial charge < -0.3 is 37.0 Å². The fourth-order valence-electron chi connectivity index (χ4n) is 5.89. The van der Waals surface area contributed by atoms with E-state index in [9.17, 15) is 34.7 Å². The predicted octanol–water partition coefficient (Wildman–Crippen LogP) is -0.292. The third kappa shape index (κ3) is 8.43. The van der Waals surface area contributed by atoms with Gasteiger partial charge in [0, 0.05) is 23.1 Å². The molecule has 1 saturated heterocycles. The number of pyridine rings is 1. The number of quaternary nitrogens is 1. The number of para-hydroxylation sites is 1. The Kier molecular flexibility index (Phi) is 11.1. The lowest BCUT2D eigenvalue weighted by atomic mass is 9.99. The number of fused-ring (bicyclic) bond motifs is 1. The zero-order valence-electron chi connectivity index (χ0n) is 26.3. The van der Waals surface area contributed by atoms with Gasteiger partial charge in [-0.3, -0.25) is 19.3 Å². The molecule has 0 bridgehead atoms. The highest BCUT2D eigenvalue weighted by Gasteiger charge is 2.41. The van der Waals surface area contributed by atoms with Gasteiger partial charge in [0.15, 0.2) is 0 Å². The molecule has 246 valence electrons. The Morgan fingerprint density at radius 3 is 2.39 bits per heavy atom. The molecular weight excluding hydrogens is 592 g/mol. The number of rotatable bonds is 12. The minimum atomic E-state index is -1.50. The third-order valence-electron chi connectivity index (χ3n) is 8.23. The van der Waals surface area contributed by atoms with Gasteiger partial charge in [0.2, 0.25) is 17.3 Å². The van der Waals surface area contributed by atoms with Gasteiger partial charge in [0.1, 0.15) is 24.7 Å². The number of nitrogens with zero attached hydrogens (tertiary/aromatic N) is 2. The van der Waals surface area contributed by atoms with Crippen molar-refractivity contribution in [3.8, 4) is 0 Å². The number of nitrogens with one attached hydrogen (secondary N) is 3. The summed E-state index contributed by atoms with van der Waals surface area (Å²) in [4.78, 5) is 53.8. The van der Waals surface area contributed by atoms with Crippen LogP contribution in [0.5, 0.6) is 0 Å². The summed E-state index contributed by atoms with van der Waals surface area (Å²) in [5.74, 6) is -3.26. The van der Waals surface area contributed by atoms with Crippen molar-refractivity contribution in [2.24, 2.45) is 5.73 Å².